The number of para-hydroxylation sites is 1. The zero-order valence-corrected chi connectivity index (χ0v) is 15.0. The molecule has 5 nitrogen and oxygen atoms in total. The topological polar surface area (TPSA) is 35.5 Å². The molecule has 6 heteroatoms. The van der Waals surface area contributed by atoms with Gasteiger partial charge in [-0.3, -0.25) is 0 Å². The Morgan fingerprint density at radius 1 is 1.08 bits per heavy atom. The molecule has 0 bridgehead atoms. The van der Waals surface area contributed by atoms with Crippen LogP contribution in [0, 0.1) is 5.82 Å². The van der Waals surface area contributed by atoms with Crippen LogP contribution in [-0.2, 0) is 0 Å². The van der Waals surface area contributed by atoms with Crippen molar-refractivity contribution in [1.29, 1.82) is 0 Å². The summed E-state index contributed by atoms with van der Waals surface area (Å²) in [6, 6.07) is 8.91. The van der Waals surface area contributed by atoms with E-state index in [2.05, 4.69) is 33.7 Å². The lowest BCUT2D eigenvalue weighted by Crippen LogP contribution is -2.47. The van der Waals surface area contributed by atoms with E-state index in [1.165, 1.54) is 12.5 Å². The van der Waals surface area contributed by atoms with Crippen molar-refractivity contribution in [3.63, 3.8) is 0 Å². The molecule has 0 radical (unpaired) electrons. The standard InChI is InChI=1S/C19H26FN5/c1-3-4-11-23(2)18-9-10-21-19(22-18)25-14-12-24(13-15-25)17-8-6-5-7-16(17)20/h5-10H,3-4,11-15H2,1-2H3. The SMILES string of the molecule is CCCCN(C)c1ccnc(N2CCN(c3ccccc3F)CC2)n1. The molecule has 1 aromatic heterocycles. The van der Waals surface area contributed by atoms with Crippen LogP contribution in [0.3, 0.4) is 0 Å². The van der Waals surface area contributed by atoms with E-state index in [-0.39, 0.29) is 5.82 Å². The van der Waals surface area contributed by atoms with Gasteiger partial charge in [0.1, 0.15) is 11.6 Å². The quantitative estimate of drug-likeness (QED) is 0.805. The molecule has 1 fully saturated rings. The predicted molar refractivity (Wildman–Crippen MR) is 101 cm³/mol. The Kier molecular flexibility index (Phi) is 5.68. The molecule has 0 atom stereocenters. The number of nitrogens with zero attached hydrogens (tertiary/aromatic N) is 5. The molecule has 1 aromatic carbocycles. The third-order valence-corrected chi connectivity index (χ3v) is 4.62. The number of aromatic nitrogens is 2. The molecule has 0 spiro atoms. The van der Waals surface area contributed by atoms with E-state index in [1.807, 2.05) is 24.4 Å². The summed E-state index contributed by atoms with van der Waals surface area (Å²) in [7, 11) is 2.07. The molecule has 134 valence electrons. The highest BCUT2D eigenvalue weighted by Gasteiger charge is 2.21. The number of anilines is 3. The smallest absolute Gasteiger partial charge is 0.227 e. The van der Waals surface area contributed by atoms with Crippen LogP contribution >= 0.6 is 0 Å². The van der Waals surface area contributed by atoms with Crippen LogP contribution in [0.25, 0.3) is 0 Å². The number of hydrogen-bond donors (Lipinski definition) is 0. The van der Waals surface area contributed by atoms with E-state index in [0.717, 1.165) is 50.9 Å². The molecule has 2 aromatic rings. The molecule has 1 saturated heterocycles. The summed E-state index contributed by atoms with van der Waals surface area (Å²) in [6.07, 6.45) is 4.14. The van der Waals surface area contributed by atoms with E-state index >= 15 is 0 Å². The number of halogens is 1. The zero-order chi connectivity index (χ0) is 17.6. The molecule has 2 heterocycles. The average molecular weight is 343 g/mol. The Morgan fingerprint density at radius 3 is 2.52 bits per heavy atom. The first-order valence-corrected chi connectivity index (χ1v) is 8.97. The summed E-state index contributed by atoms with van der Waals surface area (Å²) in [4.78, 5) is 15.6. The number of unbranched alkanes of at least 4 members (excludes halogenated alkanes) is 1. The van der Waals surface area contributed by atoms with Gasteiger partial charge in [0.2, 0.25) is 5.95 Å². The highest BCUT2D eigenvalue weighted by Crippen LogP contribution is 2.22. The Balaban J connectivity index is 1.64. The Morgan fingerprint density at radius 2 is 1.80 bits per heavy atom. The maximum absolute atomic E-state index is 14.0. The first kappa shape index (κ1) is 17.5. The monoisotopic (exact) mass is 343 g/mol. The van der Waals surface area contributed by atoms with Gasteiger partial charge in [0, 0.05) is 46.0 Å². The van der Waals surface area contributed by atoms with Crippen molar-refractivity contribution in [2.24, 2.45) is 0 Å². The first-order valence-electron chi connectivity index (χ1n) is 8.97. The van der Waals surface area contributed by atoms with Gasteiger partial charge in [-0.05, 0) is 24.6 Å². The van der Waals surface area contributed by atoms with Crippen molar-refractivity contribution in [2.45, 2.75) is 19.8 Å². The largest absolute Gasteiger partial charge is 0.366 e. The molecule has 25 heavy (non-hydrogen) atoms. The molecule has 3 rings (SSSR count). The Hall–Kier alpha value is -2.37. The summed E-state index contributed by atoms with van der Waals surface area (Å²) in [5, 5.41) is 0. The number of piperazine rings is 1. The van der Waals surface area contributed by atoms with Gasteiger partial charge < -0.3 is 14.7 Å². The van der Waals surface area contributed by atoms with E-state index in [9.17, 15) is 4.39 Å². The zero-order valence-electron chi connectivity index (χ0n) is 15.0. The lowest BCUT2D eigenvalue weighted by Gasteiger charge is -2.36. The van der Waals surface area contributed by atoms with Crippen LogP contribution < -0.4 is 14.7 Å². The third-order valence-electron chi connectivity index (χ3n) is 4.62. The number of benzene rings is 1. The molecule has 1 aliphatic heterocycles. The summed E-state index contributed by atoms with van der Waals surface area (Å²) < 4.78 is 14.0. The summed E-state index contributed by atoms with van der Waals surface area (Å²) in [6.45, 7) is 6.29. The van der Waals surface area contributed by atoms with Crippen molar-refractivity contribution >= 4 is 17.5 Å². The summed E-state index contributed by atoms with van der Waals surface area (Å²) >= 11 is 0. The van der Waals surface area contributed by atoms with E-state index < -0.39 is 0 Å². The second-order valence-corrected chi connectivity index (χ2v) is 6.42. The Labute approximate surface area is 149 Å². The lowest BCUT2D eigenvalue weighted by atomic mass is 10.2. The number of hydrogen-bond acceptors (Lipinski definition) is 5. The predicted octanol–water partition coefficient (Wildman–Crippen LogP) is 3.18. The summed E-state index contributed by atoms with van der Waals surface area (Å²) in [5.41, 5.74) is 0.677. The molecule has 0 aliphatic carbocycles. The van der Waals surface area contributed by atoms with Crippen LogP contribution in [-0.4, -0.2) is 49.7 Å². The van der Waals surface area contributed by atoms with Gasteiger partial charge in [-0.2, -0.15) is 4.98 Å². The van der Waals surface area contributed by atoms with Crippen molar-refractivity contribution in [2.75, 3.05) is 54.5 Å². The molecule has 0 saturated carbocycles. The fourth-order valence-corrected chi connectivity index (χ4v) is 3.07. The highest BCUT2D eigenvalue weighted by atomic mass is 19.1. The molecular weight excluding hydrogens is 317 g/mol. The minimum atomic E-state index is -0.160. The lowest BCUT2D eigenvalue weighted by molar-refractivity contribution is 0.594. The van der Waals surface area contributed by atoms with Crippen LogP contribution in [0.4, 0.5) is 21.8 Å². The molecule has 1 aliphatic rings. The van der Waals surface area contributed by atoms with E-state index in [4.69, 9.17) is 4.98 Å². The van der Waals surface area contributed by atoms with Gasteiger partial charge >= 0.3 is 0 Å². The minimum absolute atomic E-state index is 0.160. The molecule has 0 amide bonds. The maximum atomic E-state index is 14.0. The van der Waals surface area contributed by atoms with Gasteiger partial charge in [-0.15, -0.1) is 0 Å². The average Bonchev–Trinajstić information content (AvgIpc) is 2.67. The van der Waals surface area contributed by atoms with Crippen molar-refractivity contribution in [3.05, 3.63) is 42.3 Å². The van der Waals surface area contributed by atoms with Crippen molar-refractivity contribution in [3.8, 4) is 0 Å². The molecule has 0 N–H and O–H groups in total. The van der Waals surface area contributed by atoms with Gasteiger partial charge in [0.05, 0.1) is 5.69 Å². The number of rotatable bonds is 6. The van der Waals surface area contributed by atoms with Crippen LogP contribution in [0.1, 0.15) is 19.8 Å². The fourth-order valence-electron chi connectivity index (χ4n) is 3.07. The van der Waals surface area contributed by atoms with Crippen molar-refractivity contribution < 1.29 is 4.39 Å². The summed E-state index contributed by atoms with van der Waals surface area (Å²) in [5.74, 6) is 1.55. The van der Waals surface area contributed by atoms with Crippen LogP contribution in [0.15, 0.2) is 36.5 Å². The maximum Gasteiger partial charge on any atom is 0.227 e. The van der Waals surface area contributed by atoms with Gasteiger partial charge in [-0.25, -0.2) is 9.37 Å². The Bertz CT molecular complexity index is 685. The van der Waals surface area contributed by atoms with Crippen molar-refractivity contribution in [1.82, 2.24) is 9.97 Å². The molecular formula is C19H26FN5. The van der Waals surface area contributed by atoms with Gasteiger partial charge in [0.25, 0.3) is 0 Å². The van der Waals surface area contributed by atoms with Gasteiger partial charge in [-0.1, -0.05) is 25.5 Å². The van der Waals surface area contributed by atoms with Gasteiger partial charge in [0.15, 0.2) is 0 Å². The normalized spacial score (nSPS) is 14.7. The first-order chi connectivity index (χ1) is 12.2. The second kappa shape index (κ2) is 8.14. The van der Waals surface area contributed by atoms with E-state index in [1.54, 1.807) is 6.07 Å². The van der Waals surface area contributed by atoms with E-state index in [0.29, 0.717) is 5.69 Å². The minimum Gasteiger partial charge on any atom is -0.366 e. The van der Waals surface area contributed by atoms with Crippen LogP contribution in [0.5, 0.6) is 0 Å². The van der Waals surface area contributed by atoms with Crippen LogP contribution in [0.2, 0.25) is 0 Å². The second-order valence-electron chi connectivity index (χ2n) is 6.42. The fraction of sp³-hybridized carbons (Fsp3) is 0.474. The highest BCUT2D eigenvalue weighted by molar-refractivity contribution is 5.50. The molecule has 0 unspecified atom stereocenters. The third kappa shape index (κ3) is 4.18.